The molecule has 2 aromatic heterocycles. The Bertz CT molecular complexity index is 1210. The van der Waals surface area contributed by atoms with E-state index in [9.17, 15) is 4.79 Å². The normalized spacial score (nSPS) is 13.9. The SMILES string of the molecule is O=C(CSc1ncnc2c1cnn2-c1ccccc1)Nc1ccc(N2CCOCC2)cc1. The van der Waals surface area contributed by atoms with Gasteiger partial charge in [-0.05, 0) is 36.4 Å². The van der Waals surface area contributed by atoms with Crippen molar-refractivity contribution in [2.24, 2.45) is 0 Å². The molecule has 0 saturated carbocycles. The molecule has 1 amide bonds. The largest absolute Gasteiger partial charge is 0.378 e. The van der Waals surface area contributed by atoms with Gasteiger partial charge < -0.3 is 15.0 Å². The topological polar surface area (TPSA) is 85.2 Å². The van der Waals surface area contributed by atoms with Crippen LogP contribution in [0.4, 0.5) is 11.4 Å². The van der Waals surface area contributed by atoms with Gasteiger partial charge in [0, 0.05) is 24.5 Å². The van der Waals surface area contributed by atoms with Crippen molar-refractivity contribution < 1.29 is 9.53 Å². The molecule has 3 heterocycles. The molecule has 0 unspecified atom stereocenters. The number of amides is 1. The highest BCUT2D eigenvalue weighted by atomic mass is 32.2. The monoisotopic (exact) mass is 446 g/mol. The van der Waals surface area contributed by atoms with E-state index in [2.05, 4.69) is 25.3 Å². The van der Waals surface area contributed by atoms with Crippen molar-refractivity contribution in [3.63, 3.8) is 0 Å². The zero-order valence-corrected chi connectivity index (χ0v) is 18.2. The second-order valence-electron chi connectivity index (χ2n) is 7.29. The third kappa shape index (κ3) is 4.44. The Balaban J connectivity index is 1.23. The molecular formula is C23H22N6O2S. The van der Waals surface area contributed by atoms with Crippen molar-refractivity contribution in [3.8, 4) is 5.69 Å². The maximum atomic E-state index is 12.5. The molecule has 4 aromatic rings. The number of aromatic nitrogens is 4. The molecule has 32 heavy (non-hydrogen) atoms. The van der Waals surface area contributed by atoms with Crippen LogP contribution in [0.5, 0.6) is 0 Å². The highest BCUT2D eigenvalue weighted by Gasteiger charge is 2.14. The summed E-state index contributed by atoms with van der Waals surface area (Å²) in [5, 5.41) is 8.97. The van der Waals surface area contributed by atoms with E-state index < -0.39 is 0 Å². The number of morpholine rings is 1. The van der Waals surface area contributed by atoms with Crippen LogP contribution in [0.15, 0.2) is 72.1 Å². The van der Waals surface area contributed by atoms with Crippen molar-refractivity contribution in [2.45, 2.75) is 5.03 Å². The van der Waals surface area contributed by atoms with E-state index in [-0.39, 0.29) is 11.7 Å². The number of thioether (sulfide) groups is 1. The lowest BCUT2D eigenvalue weighted by atomic mass is 10.2. The van der Waals surface area contributed by atoms with Gasteiger partial charge in [-0.2, -0.15) is 5.10 Å². The molecule has 1 fully saturated rings. The molecule has 0 atom stereocenters. The number of para-hydroxylation sites is 1. The van der Waals surface area contributed by atoms with Crippen LogP contribution in [-0.2, 0) is 9.53 Å². The third-order valence-corrected chi connectivity index (χ3v) is 6.20. The van der Waals surface area contributed by atoms with Crippen molar-refractivity contribution in [1.82, 2.24) is 19.7 Å². The zero-order chi connectivity index (χ0) is 21.8. The zero-order valence-electron chi connectivity index (χ0n) is 17.3. The van der Waals surface area contributed by atoms with E-state index in [1.165, 1.54) is 18.1 Å². The molecule has 0 aliphatic carbocycles. The summed E-state index contributed by atoms with van der Waals surface area (Å²) in [6, 6.07) is 17.7. The van der Waals surface area contributed by atoms with Gasteiger partial charge in [-0.25, -0.2) is 14.6 Å². The predicted molar refractivity (Wildman–Crippen MR) is 125 cm³/mol. The van der Waals surface area contributed by atoms with Crippen molar-refractivity contribution in [3.05, 3.63) is 67.1 Å². The van der Waals surface area contributed by atoms with E-state index in [0.717, 1.165) is 53.8 Å². The lowest BCUT2D eigenvalue weighted by Crippen LogP contribution is -2.36. The van der Waals surface area contributed by atoms with Crippen LogP contribution in [-0.4, -0.2) is 57.7 Å². The Morgan fingerprint density at radius 1 is 1.00 bits per heavy atom. The number of ether oxygens (including phenoxy) is 1. The van der Waals surface area contributed by atoms with Gasteiger partial charge in [0.25, 0.3) is 0 Å². The summed E-state index contributed by atoms with van der Waals surface area (Å²) in [6.07, 6.45) is 3.25. The lowest BCUT2D eigenvalue weighted by Gasteiger charge is -2.28. The van der Waals surface area contributed by atoms with E-state index in [0.29, 0.717) is 5.65 Å². The Morgan fingerprint density at radius 3 is 2.56 bits per heavy atom. The van der Waals surface area contributed by atoms with E-state index in [1.807, 2.05) is 54.6 Å². The molecule has 1 aliphatic heterocycles. The van der Waals surface area contributed by atoms with Gasteiger partial charge in [0.05, 0.1) is 36.2 Å². The lowest BCUT2D eigenvalue weighted by molar-refractivity contribution is -0.113. The number of carbonyl (C=O) groups is 1. The average molecular weight is 447 g/mol. The standard InChI is InChI=1S/C23H22N6O2S/c30-21(27-17-6-8-18(9-7-17)28-10-12-31-13-11-28)15-32-23-20-14-26-29(22(20)24-16-25-23)19-4-2-1-3-5-19/h1-9,14,16H,10-13,15H2,(H,27,30). The van der Waals surface area contributed by atoms with Gasteiger partial charge >= 0.3 is 0 Å². The molecule has 8 nitrogen and oxygen atoms in total. The molecule has 2 aromatic carbocycles. The summed E-state index contributed by atoms with van der Waals surface area (Å²) >= 11 is 1.37. The number of anilines is 2. The van der Waals surface area contributed by atoms with Crippen LogP contribution >= 0.6 is 11.8 Å². The van der Waals surface area contributed by atoms with Gasteiger partial charge in [0.2, 0.25) is 5.91 Å². The molecule has 5 rings (SSSR count). The summed E-state index contributed by atoms with van der Waals surface area (Å²) in [7, 11) is 0. The quantitative estimate of drug-likeness (QED) is 0.359. The average Bonchev–Trinajstić information content (AvgIpc) is 3.29. The summed E-state index contributed by atoms with van der Waals surface area (Å²) in [5.74, 6) is 0.157. The molecule has 0 spiro atoms. The van der Waals surface area contributed by atoms with Crippen molar-refractivity contribution >= 4 is 40.1 Å². The van der Waals surface area contributed by atoms with Gasteiger partial charge in [-0.3, -0.25) is 4.79 Å². The third-order valence-electron chi connectivity index (χ3n) is 5.20. The van der Waals surface area contributed by atoms with Gasteiger partial charge in [-0.15, -0.1) is 0 Å². The summed E-state index contributed by atoms with van der Waals surface area (Å²) in [6.45, 7) is 3.26. The minimum Gasteiger partial charge on any atom is -0.378 e. The minimum absolute atomic E-state index is 0.0867. The first-order valence-corrected chi connectivity index (χ1v) is 11.4. The molecule has 0 radical (unpaired) electrons. The van der Waals surface area contributed by atoms with Crippen LogP contribution in [0.3, 0.4) is 0 Å². The number of nitrogens with one attached hydrogen (secondary N) is 1. The molecule has 1 saturated heterocycles. The van der Waals surface area contributed by atoms with Crippen LogP contribution in [0.1, 0.15) is 0 Å². The Hall–Kier alpha value is -3.43. The number of hydrogen-bond donors (Lipinski definition) is 1. The molecule has 162 valence electrons. The summed E-state index contributed by atoms with van der Waals surface area (Å²) < 4.78 is 7.17. The van der Waals surface area contributed by atoms with Gasteiger partial charge in [-0.1, -0.05) is 30.0 Å². The number of hydrogen-bond acceptors (Lipinski definition) is 7. The van der Waals surface area contributed by atoms with Crippen LogP contribution in [0.25, 0.3) is 16.7 Å². The number of benzene rings is 2. The maximum Gasteiger partial charge on any atom is 0.234 e. The predicted octanol–water partition coefficient (Wildman–Crippen LogP) is 3.38. The van der Waals surface area contributed by atoms with Gasteiger partial charge in [0.1, 0.15) is 11.4 Å². The number of fused-ring (bicyclic) bond motifs is 1. The Kier molecular flexibility index (Phi) is 6.00. The highest BCUT2D eigenvalue weighted by Crippen LogP contribution is 2.26. The Labute approximate surface area is 189 Å². The van der Waals surface area contributed by atoms with Crippen molar-refractivity contribution in [2.75, 3.05) is 42.3 Å². The Morgan fingerprint density at radius 2 is 1.78 bits per heavy atom. The van der Waals surface area contributed by atoms with E-state index in [4.69, 9.17) is 4.74 Å². The van der Waals surface area contributed by atoms with Crippen LogP contribution < -0.4 is 10.2 Å². The van der Waals surface area contributed by atoms with Crippen LogP contribution in [0, 0.1) is 0 Å². The molecule has 0 bridgehead atoms. The smallest absolute Gasteiger partial charge is 0.234 e. The second-order valence-corrected chi connectivity index (χ2v) is 8.26. The summed E-state index contributed by atoms with van der Waals surface area (Å²) in [4.78, 5) is 23.5. The number of nitrogens with zero attached hydrogens (tertiary/aromatic N) is 5. The fourth-order valence-corrected chi connectivity index (χ4v) is 4.37. The maximum absolute atomic E-state index is 12.5. The molecule has 1 aliphatic rings. The fourth-order valence-electron chi connectivity index (χ4n) is 3.60. The number of rotatable bonds is 6. The second kappa shape index (κ2) is 9.37. The molecule has 9 heteroatoms. The minimum atomic E-state index is -0.0867. The van der Waals surface area contributed by atoms with Crippen molar-refractivity contribution in [1.29, 1.82) is 0 Å². The number of carbonyl (C=O) groups excluding carboxylic acids is 1. The van der Waals surface area contributed by atoms with Gasteiger partial charge in [0.15, 0.2) is 5.65 Å². The van der Waals surface area contributed by atoms with E-state index in [1.54, 1.807) is 10.9 Å². The first kappa shape index (κ1) is 20.5. The highest BCUT2D eigenvalue weighted by molar-refractivity contribution is 8.00. The van der Waals surface area contributed by atoms with Crippen LogP contribution in [0.2, 0.25) is 0 Å². The van der Waals surface area contributed by atoms with E-state index >= 15 is 0 Å². The summed E-state index contributed by atoms with van der Waals surface area (Å²) in [5.41, 5.74) is 3.56. The molecule has 1 N–H and O–H groups in total. The fraction of sp³-hybridized carbons (Fsp3) is 0.217. The first-order chi connectivity index (χ1) is 15.8. The molecular weight excluding hydrogens is 424 g/mol. The first-order valence-electron chi connectivity index (χ1n) is 10.4.